The first kappa shape index (κ1) is 14.8. The average Bonchev–Trinajstić information content (AvgIpc) is 3.19. The van der Waals surface area contributed by atoms with Crippen molar-refractivity contribution in [3.8, 4) is 5.69 Å². The molecule has 22 heavy (non-hydrogen) atoms. The molecule has 1 fully saturated rings. The Morgan fingerprint density at radius 1 is 1.45 bits per heavy atom. The molecule has 1 N–H and O–H groups in total. The number of benzene rings is 1. The lowest BCUT2D eigenvalue weighted by atomic mass is 10.2. The SMILES string of the molecule is Cc1cc(Cl)ccc1-n1cnc(=O)n1C(C)C(=O)NC1CC1. The summed E-state index contributed by atoms with van der Waals surface area (Å²) < 4.78 is 2.96. The number of carbonyl (C=O) groups excluding carboxylic acids is 1. The van der Waals surface area contributed by atoms with Crippen LogP contribution in [-0.2, 0) is 4.79 Å². The second kappa shape index (κ2) is 5.61. The molecular formula is C15H17ClN4O2. The van der Waals surface area contributed by atoms with Gasteiger partial charge in [-0.05, 0) is 50.5 Å². The van der Waals surface area contributed by atoms with Crippen LogP contribution in [0.3, 0.4) is 0 Å². The van der Waals surface area contributed by atoms with Crippen LogP contribution in [0.15, 0.2) is 29.3 Å². The van der Waals surface area contributed by atoms with E-state index in [-0.39, 0.29) is 11.9 Å². The van der Waals surface area contributed by atoms with Gasteiger partial charge in [0.15, 0.2) is 0 Å². The monoisotopic (exact) mass is 320 g/mol. The van der Waals surface area contributed by atoms with Gasteiger partial charge in [0.2, 0.25) is 5.91 Å². The Kier molecular flexibility index (Phi) is 3.78. The van der Waals surface area contributed by atoms with Crippen LogP contribution in [-0.4, -0.2) is 26.3 Å². The van der Waals surface area contributed by atoms with Crippen molar-refractivity contribution in [3.63, 3.8) is 0 Å². The van der Waals surface area contributed by atoms with Crippen molar-refractivity contribution in [2.24, 2.45) is 0 Å². The van der Waals surface area contributed by atoms with Gasteiger partial charge in [0.25, 0.3) is 0 Å². The maximum absolute atomic E-state index is 12.2. The van der Waals surface area contributed by atoms with Crippen molar-refractivity contribution in [1.29, 1.82) is 0 Å². The molecule has 7 heteroatoms. The molecule has 116 valence electrons. The normalized spacial score (nSPS) is 15.6. The molecule has 6 nitrogen and oxygen atoms in total. The summed E-state index contributed by atoms with van der Waals surface area (Å²) in [6.45, 7) is 3.59. The Hall–Kier alpha value is -2.08. The standard InChI is InChI=1S/C15H17ClN4O2/c1-9-7-11(16)3-6-13(9)19-8-17-15(22)20(19)10(2)14(21)18-12-4-5-12/h3,6-8,10,12H,4-5H2,1-2H3,(H,18,21). The smallest absolute Gasteiger partial charge is 0.352 e. The van der Waals surface area contributed by atoms with Gasteiger partial charge in [-0.25, -0.2) is 14.2 Å². The first-order valence-corrected chi connectivity index (χ1v) is 7.58. The number of aromatic nitrogens is 3. The van der Waals surface area contributed by atoms with Gasteiger partial charge in [-0.3, -0.25) is 4.79 Å². The molecule has 1 saturated carbocycles. The molecule has 1 atom stereocenters. The van der Waals surface area contributed by atoms with E-state index in [2.05, 4.69) is 10.3 Å². The van der Waals surface area contributed by atoms with Gasteiger partial charge in [-0.2, -0.15) is 4.98 Å². The molecule has 1 aliphatic rings. The highest BCUT2D eigenvalue weighted by atomic mass is 35.5. The molecule has 0 saturated heterocycles. The van der Waals surface area contributed by atoms with E-state index < -0.39 is 11.7 Å². The summed E-state index contributed by atoms with van der Waals surface area (Å²) in [4.78, 5) is 28.1. The molecule has 1 aliphatic carbocycles. The molecule has 1 amide bonds. The van der Waals surface area contributed by atoms with Crippen molar-refractivity contribution in [2.45, 2.75) is 38.8 Å². The van der Waals surface area contributed by atoms with Crippen LogP contribution < -0.4 is 11.0 Å². The van der Waals surface area contributed by atoms with E-state index in [1.54, 1.807) is 29.8 Å². The summed E-state index contributed by atoms with van der Waals surface area (Å²) in [6, 6.07) is 4.97. The minimum absolute atomic E-state index is 0.169. The zero-order valence-electron chi connectivity index (χ0n) is 12.4. The van der Waals surface area contributed by atoms with Crippen LogP contribution in [0.25, 0.3) is 5.69 Å². The van der Waals surface area contributed by atoms with Gasteiger partial charge in [0.1, 0.15) is 12.4 Å². The average molecular weight is 321 g/mol. The first-order valence-electron chi connectivity index (χ1n) is 7.20. The van der Waals surface area contributed by atoms with Crippen LogP contribution in [0.1, 0.15) is 31.4 Å². The molecule has 0 radical (unpaired) electrons. The number of carbonyl (C=O) groups is 1. The van der Waals surface area contributed by atoms with Crippen molar-refractivity contribution in [1.82, 2.24) is 19.7 Å². The van der Waals surface area contributed by atoms with Crippen LogP contribution in [0.4, 0.5) is 0 Å². The molecule has 1 heterocycles. The first-order chi connectivity index (χ1) is 10.5. The molecule has 1 unspecified atom stereocenters. The van der Waals surface area contributed by atoms with E-state index in [1.807, 2.05) is 6.92 Å². The van der Waals surface area contributed by atoms with E-state index in [0.29, 0.717) is 5.02 Å². The van der Waals surface area contributed by atoms with Crippen molar-refractivity contribution < 1.29 is 4.79 Å². The third kappa shape index (κ3) is 2.78. The summed E-state index contributed by atoms with van der Waals surface area (Å²) in [6.07, 6.45) is 3.44. The van der Waals surface area contributed by atoms with E-state index in [1.165, 1.54) is 11.0 Å². The van der Waals surface area contributed by atoms with E-state index in [9.17, 15) is 9.59 Å². The highest BCUT2D eigenvalue weighted by molar-refractivity contribution is 6.30. The third-order valence-corrected chi connectivity index (χ3v) is 4.02. The molecular weight excluding hydrogens is 304 g/mol. The molecule has 3 rings (SSSR count). The Morgan fingerprint density at radius 2 is 2.18 bits per heavy atom. The molecule has 1 aromatic carbocycles. The van der Waals surface area contributed by atoms with Crippen molar-refractivity contribution >= 4 is 17.5 Å². The maximum atomic E-state index is 12.2. The number of hydrogen-bond acceptors (Lipinski definition) is 3. The Morgan fingerprint density at radius 3 is 2.82 bits per heavy atom. The second-order valence-corrected chi connectivity index (χ2v) is 6.04. The van der Waals surface area contributed by atoms with E-state index in [0.717, 1.165) is 24.1 Å². The van der Waals surface area contributed by atoms with Gasteiger partial charge < -0.3 is 5.32 Å². The van der Waals surface area contributed by atoms with E-state index >= 15 is 0 Å². The Labute approximate surface area is 132 Å². The predicted molar refractivity (Wildman–Crippen MR) is 83.4 cm³/mol. The van der Waals surface area contributed by atoms with Gasteiger partial charge in [0, 0.05) is 11.1 Å². The topological polar surface area (TPSA) is 68.9 Å². The fraction of sp³-hybridized carbons (Fsp3) is 0.400. The molecule has 0 bridgehead atoms. The lowest BCUT2D eigenvalue weighted by Crippen LogP contribution is -2.38. The van der Waals surface area contributed by atoms with Crippen molar-refractivity contribution in [3.05, 3.63) is 45.6 Å². The minimum atomic E-state index is -0.634. The lowest BCUT2D eigenvalue weighted by Gasteiger charge is -2.18. The summed E-state index contributed by atoms with van der Waals surface area (Å²) in [5.74, 6) is -0.169. The molecule has 2 aromatic rings. The van der Waals surface area contributed by atoms with Crippen LogP contribution in [0.5, 0.6) is 0 Å². The second-order valence-electron chi connectivity index (χ2n) is 5.61. The zero-order valence-corrected chi connectivity index (χ0v) is 13.2. The Balaban J connectivity index is 1.99. The summed E-state index contributed by atoms with van der Waals surface area (Å²) in [7, 11) is 0. The summed E-state index contributed by atoms with van der Waals surface area (Å²) in [5, 5.41) is 3.53. The predicted octanol–water partition coefficient (Wildman–Crippen LogP) is 1.84. The fourth-order valence-corrected chi connectivity index (χ4v) is 2.60. The molecule has 1 aromatic heterocycles. The van der Waals surface area contributed by atoms with Gasteiger partial charge >= 0.3 is 5.69 Å². The summed E-state index contributed by atoms with van der Waals surface area (Å²) in [5.41, 5.74) is 1.21. The maximum Gasteiger partial charge on any atom is 0.364 e. The number of nitrogens with zero attached hydrogens (tertiary/aromatic N) is 3. The number of hydrogen-bond donors (Lipinski definition) is 1. The van der Waals surface area contributed by atoms with Gasteiger partial charge in [-0.1, -0.05) is 11.6 Å². The summed E-state index contributed by atoms with van der Waals surface area (Å²) >= 11 is 5.97. The van der Waals surface area contributed by atoms with Crippen molar-refractivity contribution in [2.75, 3.05) is 0 Å². The van der Waals surface area contributed by atoms with Crippen LogP contribution in [0.2, 0.25) is 5.02 Å². The Bertz CT molecular complexity index is 776. The van der Waals surface area contributed by atoms with Crippen LogP contribution >= 0.6 is 11.6 Å². The largest absolute Gasteiger partial charge is 0.364 e. The number of amides is 1. The van der Waals surface area contributed by atoms with Gasteiger partial charge in [-0.15, -0.1) is 0 Å². The lowest BCUT2D eigenvalue weighted by molar-refractivity contribution is -0.124. The third-order valence-electron chi connectivity index (χ3n) is 3.78. The number of nitrogens with one attached hydrogen (secondary N) is 1. The number of halogens is 1. The highest BCUT2D eigenvalue weighted by Gasteiger charge is 2.28. The number of aryl methyl sites for hydroxylation is 1. The molecule has 0 spiro atoms. The van der Waals surface area contributed by atoms with E-state index in [4.69, 9.17) is 11.6 Å². The molecule has 0 aliphatic heterocycles. The highest BCUT2D eigenvalue weighted by Crippen LogP contribution is 2.21. The van der Waals surface area contributed by atoms with Crippen LogP contribution in [0, 0.1) is 6.92 Å². The minimum Gasteiger partial charge on any atom is -0.352 e. The van der Waals surface area contributed by atoms with Gasteiger partial charge in [0.05, 0.1) is 5.69 Å². The quantitative estimate of drug-likeness (QED) is 0.934. The fourth-order valence-electron chi connectivity index (χ4n) is 2.38. The number of rotatable bonds is 4. The zero-order chi connectivity index (χ0) is 15.9.